The summed E-state index contributed by atoms with van der Waals surface area (Å²) in [6, 6.07) is 4.45. The number of hydrogen-bond donors (Lipinski definition) is 3. The predicted molar refractivity (Wildman–Crippen MR) is 93.0 cm³/mol. The highest BCUT2D eigenvalue weighted by Gasteiger charge is 2.25. The van der Waals surface area contributed by atoms with E-state index in [1.54, 1.807) is 18.2 Å². The van der Waals surface area contributed by atoms with Crippen molar-refractivity contribution in [2.75, 3.05) is 31.2 Å². The van der Waals surface area contributed by atoms with Gasteiger partial charge in [-0.1, -0.05) is 0 Å². The van der Waals surface area contributed by atoms with Crippen molar-refractivity contribution in [2.24, 2.45) is 5.92 Å². The van der Waals surface area contributed by atoms with Crippen LogP contribution in [0, 0.1) is 5.92 Å². The first-order valence-electron chi connectivity index (χ1n) is 7.94. The summed E-state index contributed by atoms with van der Waals surface area (Å²) < 4.78 is 29.6. The van der Waals surface area contributed by atoms with Gasteiger partial charge in [-0.3, -0.25) is 4.98 Å². The highest BCUT2D eigenvalue weighted by atomic mass is 32.2. The number of aromatic nitrogens is 1. The van der Waals surface area contributed by atoms with Crippen LogP contribution < -0.4 is 16.4 Å². The predicted octanol–water partition coefficient (Wildman–Crippen LogP) is 0.914. The van der Waals surface area contributed by atoms with Crippen LogP contribution in [0.2, 0.25) is 0 Å². The number of piperidine rings is 1. The molecule has 1 unspecified atom stereocenters. The van der Waals surface area contributed by atoms with Crippen molar-refractivity contribution in [1.29, 1.82) is 0 Å². The first-order chi connectivity index (χ1) is 11.8. The summed E-state index contributed by atoms with van der Waals surface area (Å²) in [4.78, 5) is 25.7. The van der Waals surface area contributed by atoms with Gasteiger partial charge in [0.2, 0.25) is 10.0 Å². The molecule has 1 saturated heterocycles. The third-order valence-corrected chi connectivity index (χ3v) is 5.45. The minimum absolute atomic E-state index is 0.0828. The van der Waals surface area contributed by atoms with Gasteiger partial charge in [-0.05, 0) is 30.9 Å². The van der Waals surface area contributed by atoms with Gasteiger partial charge in [0.15, 0.2) is 5.58 Å². The van der Waals surface area contributed by atoms with Gasteiger partial charge in [-0.2, -0.15) is 0 Å². The van der Waals surface area contributed by atoms with Crippen LogP contribution in [0.15, 0.2) is 27.4 Å². The Kier molecular flexibility index (Phi) is 4.82. The number of carbonyl (C=O) groups is 1. The number of urea groups is 1. The van der Waals surface area contributed by atoms with Crippen molar-refractivity contribution < 1.29 is 17.6 Å². The lowest BCUT2D eigenvalue weighted by atomic mass is 10.00. The zero-order chi connectivity index (χ0) is 18.0. The zero-order valence-electron chi connectivity index (χ0n) is 13.7. The Hall–Kier alpha value is -2.33. The summed E-state index contributed by atoms with van der Waals surface area (Å²) in [5.41, 5.74) is 1.41. The van der Waals surface area contributed by atoms with Gasteiger partial charge in [0.05, 0.1) is 11.8 Å². The number of benzene rings is 1. The lowest BCUT2D eigenvalue weighted by Crippen LogP contribution is -2.43. The molecule has 0 radical (unpaired) electrons. The molecule has 1 aromatic heterocycles. The van der Waals surface area contributed by atoms with Crippen LogP contribution >= 0.6 is 0 Å². The first kappa shape index (κ1) is 17.5. The zero-order valence-corrected chi connectivity index (χ0v) is 14.6. The van der Waals surface area contributed by atoms with Crippen molar-refractivity contribution in [3.8, 4) is 0 Å². The standard InChI is InChI=1S/C15H20N4O5S/c1-25(22,23)19-6-2-3-10(9-19)8-16-14(20)17-11-4-5-12-13(7-11)24-15(21)18-12/h4-5,7,10H,2-3,6,8-9H2,1H3,(H,18,21)(H2,16,17,20). The van der Waals surface area contributed by atoms with Crippen LogP contribution in [-0.2, 0) is 10.0 Å². The van der Waals surface area contributed by atoms with E-state index in [0.717, 1.165) is 12.8 Å². The summed E-state index contributed by atoms with van der Waals surface area (Å²) in [7, 11) is -3.20. The first-order valence-corrected chi connectivity index (χ1v) is 9.79. The maximum Gasteiger partial charge on any atom is 0.417 e. The number of fused-ring (bicyclic) bond motifs is 1. The van der Waals surface area contributed by atoms with E-state index in [1.165, 1.54) is 10.6 Å². The maximum absolute atomic E-state index is 12.0. The van der Waals surface area contributed by atoms with E-state index in [9.17, 15) is 18.0 Å². The summed E-state index contributed by atoms with van der Waals surface area (Å²) in [5.74, 6) is -0.469. The molecular weight excluding hydrogens is 348 g/mol. The third kappa shape index (κ3) is 4.40. The second-order valence-electron chi connectivity index (χ2n) is 6.19. The second kappa shape index (κ2) is 6.89. The van der Waals surface area contributed by atoms with Gasteiger partial charge in [0, 0.05) is 31.4 Å². The molecule has 25 heavy (non-hydrogen) atoms. The third-order valence-electron chi connectivity index (χ3n) is 4.18. The molecule has 1 fully saturated rings. The lowest BCUT2D eigenvalue weighted by molar-refractivity contribution is 0.239. The van der Waals surface area contributed by atoms with Crippen molar-refractivity contribution in [1.82, 2.24) is 14.6 Å². The molecule has 2 aromatic rings. The molecule has 3 rings (SSSR count). The minimum Gasteiger partial charge on any atom is -0.408 e. The second-order valence-corrected chi connectivity index (χ2v) is 8.17. The Morgan fingerprint density at radius 2 is 2.24 bits per heavy atom. The van der Waals surface area contributed by atoms with Crippen LogP contribution in [0.4, 0.5) is 10.5 Å². The Morgan fingerprint density at radius 3 is 3.00 bits per heavy atom. The van der Waals surface area contributed by atoms with Gasteiger partial charge in [0.25, 0.3) is 0 Å². The Bertz CT molecular complexity index is 933. The molecule has 1 aromatic carbocycles. The monoisotopic (exact) mass is 368 g/mol. The molecule has 9 nitrogen and oxygen atoms in total. The number of nitrogens with one attached hydrogen (secondary N) is 3. The Labute approximate surface area is 144 Å². The molecule has 136 valence electrons. The average molecular weight is 368 g/mol. The van der Waals surface area contributed by atoms with E-state index in [-0.39, 0.29) is 5.92 Å². The van der Waals surface area contributed by atoms with Gasteiger partial charge in [-0.15, -0.1) is 0 Å². The molecular formula is C15H20N4O5S. The Balaban J connectivity index is 1.54. The largest absolute Gasteiger partial charge is 0.417 e. The maximum atomic E-state index is 12.0. The Morgan fingerprint density at radius 1 is 1.44 bits per heavy atom. The molecule has 2 heterocycles. The van der Waals surface area contributed by atoms with E-state index in [4.69, 9.17) is 4.42 Å². The number of anilines is 1. The van der Waals surface area contributed by atoms with Crippen LogP contribution in [0.3, 0.4) is 0 Å². The number of amides is 2. The highest BCUT2D eigenvalue weighted by Crippen LogP contribution is 2.18. The summed E-state index contributed by atoms with van der Waals surface area (Å²) in [6.45, 7) is 1.34. The van der Waals surface area contributed by atoms with Gasteiger partial charge >= 0.3 is 11.8 Å². The van der Waals surface area contributed by atoms with E-state index in [2.05, 4.69) is 15.6 Å². The number of hydrogen-bond acceptors (Lipinski definition) is 5. The van der Waals surface area contributed by atoms with E-state index >= 15 is 0 Å². The average Bonchev–Trinajstić information content (AvgIpc) is 2.92. The molecule has 0 spiro atoms. The fraction of sp³-hybridized carbons (Fsp3) is 0.467. The summed E-state index contributed by atoms with van der Waals surface area (Å²) >= 11 is 0. The normalized spacial score (nSPS) is 19.0. The molecule has 2 amide bonds. The van der Waals surface area contributed by atoms with E-state index in [1.807, 2.05) is 0 Å². The van der Waals surface area contributed by atoms with Crippen LogP contribution in [-0.4, -0.2) is 49.6 Å². The summed E-state index contributed by atoms with van der Waals surface area (Å²) in [5, 5.41) is 5.42. The molecule has 0 bridgehead atoms. The SMILES string of the molecule is CS(=O)(=O)N1CCCC(CNC(=O)Nc2ccc3[nH]c(=O)oc3c2)C1. The number of nitrogens with zero attached hydrogens (tertiary/aromatic N) is 1. The molecule has 1 atom stereocenters. The fourth-order valence-electron chi connectivity index (χ4n) is 2.93. The van der Waals surface area contributed by atoms with Gasteiger partial charge in [0.1, 0.15) is 0 Å². The van der Waals surface area contributed by atoms with Crippen LogP contribution in [0.1, 0.15) is 12.8 Å². The van der Waals surface area contributed by atoms with Crippen LogP contribution in [0.25, 0.3) is 11.1 Å². The van der Waals surface area contributed by atoms with Crippen molar-refractivity contribution in [3.63, 3.8) is 0 Å². The van der Waals surface area contributed by atoms with Crippen molar-refractivity contribution >= 4 is 32.8 Å². The molecule has 10 heteroatoms. The van der Waals surface area contributed by atoms with Crippen molar-refractivity contribution in [2.45, 2.75) is 12.8 Å². The molecule has 1 aliphatic rings. The van der Waals surface area contributed by atoms with E-state index < -0.39 is 21.8 Å². The number of rotatable bonds is 4. The minimum atomic E-state index is -3.20. The molecule has 0 saturated carbocycles. The van der Waals surface area contributed by atoms with Crippen molar-refractivity contribution in [3.05, 3.63) is 28.7 Å². The fourth-order valence-corrected chi connectivity index (χ4v) is 3.87. The number of aromatic amines is 1. The molecule has 1 aliphatic heterocycles. The number of sulfonamides is 1. The van der Waals surface area contributed by atoms with E-state index in [0.29, 0.717) is 36.4 Å². The topological polar surface area (TPSA) is 125 Å². The smallest absolute Gasteiger partial charge is 0.408 e. The molecule has 3 N–H and O–H groups in total. The number of H-pyrrole nitrogens is 1. The van der Waals surface area contributed by atoms with Gasteiger partial charge in [-0.25, -0.2) is 22.3 Å². The summed E-state index contributed by atoms with van der Waals surface area (Å²) in [6.07, 6.45) is 2.85. The van der Waals surface area contributed by atoms with Gasteiger partial charge < -0.3 is 15.1 Å². The quantitative estimate of drug-likeness (QED) is 0.740. The highest BCUT2D eigenvalue weighted by molar-refractivity contribution is 7.88. The van der Waals surface area contributed by atoms with Crippen LogP contribution in [0.5, 0.6) is 0 Å². The lowest BCUT2D eigenvalue weighted by Gasteiger charge is -2.30. The number of carbonyl (C=O) groups excluding carboxylic acids is 1. The number of oxazole rings is 1. The molecule has 0 aliphatic carbocycles.